The van der Waals surface area contributed by atoms with Gasteiger partial charge in [0.25, 0.3) is 0 Å². The number of sulfonamides is 1. The normalized spacial score (nSPS) is 14.7. The number of carbonyl (C=O) groups excluding carboxylic acids is 1. The number of nitrogens with zero attached hydrogens (tertiary/aromatic N) is 4. The summed E-state index contributed by atoms with van der Waals surface area (Å²) in [6.45, 7) is 2.36. The minimum Gasteiger partial charge on any atom is -0.349 e. The molecule has 1 aromatic carbocycles. The molecule has 0 aliphatic carbocycles. The van der Waals surface area contributed by atoms with E-state index in [-0.39, 0.29) is 28.4 Å². The lowest BCUT2D eigenvalue weighted by Gasteiger charge is -2.31. The minimum atomic E-state index is -4.60. The van der Waals surface area contributed by atoms with Crippen molar-refractivity contribution in [3.63, 3.8) is 0 Å². The van der Waals surface area contributed by atoms with Gasteiger partial charge in [-0.15, -0.1) is 0 Å². The first-order chi connectivity index (χ1) is 17.7. The molecule has 0 spiro atoms. The van der Waals surface area contributed by atoms with Crippen LogP contribution in [0.25, 0.3) is 11.3 Å². The fraction of sp³-hybridized carbons (Fsp3) is 0.333. The Kier molecular flexibility index (Phi) is 8.77. The van der Waals surface area contributed by atoms with Crippen LogP contribution in [0.1, 0.15) is 25.2 Å². The van der Waals surface area contributed by atoms with E-state index in [0.29, 0.717) is 0 Å². The van der Waals surface area contributed by atoms with Gasteiger partial charge in [-0.1, -0.05) is 6.92 Å². The van der Waals surface area contributed by atoms with Gasteiger partial charge in [-0.05, 0) is 49.4 Å². The molecule has 0 fully saturated rings. The summed E-state index contributed by atoms with van der Waals surface area (Å²) in [5.74, 6) is -2.52. The van der Waals surface area contributed by atoms with Gasteiger partial charge in [-0.3, -0.25) is 9.78 Å². The van der Waals surface area contributed by atoms with Gasteiger partial charge >= 0.3 is 6.18 Å². The second-order valence-corrected chi connectivity index (χ2v) is 10.5. The van der Waals surface area contributed by atoms with Crippen LogP contribution in [0.5, 0.6) is 0 Å². The van der Waals surface area contributed by atoms with Crippen LogP contribution in [0.3, 0.4) is 0 Å². The summed E-state index contributed by atoms with van der Waals surface area (Å²) in [7, 11) is -3.16. The van der Waals surface area contributed by atoms with E-state index < -0.39 is 51.7 Å². The molecule has 2 aromatic heterocycles. The van der Waals surface area contributed by atoms with Crippen molar-refractivity contribution < 1.29 is 35.2 Å². The van der Waals surface area contributed by atoms with Crippen LogP contribution < -0.4 is 5.32 Å². The van der Waals surface area contributed by atoms with E-state index in [9.17, 15) is 35.2 Å². The van der Waals surface area contributed by atoms with Crippen LogP contribution in [-0.2, 0) is 27.5 Å². The third kappa shape index (κ3) is 6.67. The average molecular weight is 558 g/mol. The number of amides is 1. The molecular formula is C24H24F5N5O3S. The van der Waals surface area contributed by atoms with Gasteiger partial charge in [-0.25, -0.2) is 27.2 Å². The van der Waals surface area contributed by atoms with E-state index in [2.05, 4.69) is 20.3 Å². The first-order valence-electron chi connectivity index (χ1n) is 11.2. The lowest BCUT2D eigenvalue weighted by molar-refractivity contribution is -0.141. The summed E-state index contributed by atoms with van der Waals surface area (Å²) in [5.41, 5.74) is -0.295. The topological polar surface area (TPSA) is 105 Å². The second kappa shape index (κ2) is 11.5. The van der Waals surface area contributed by atoms with Crippen molar-refractivity contribution >= 4 is 15.9 Å². The number of nitrogens with one attached hydrogen (secondary N) is 1. The van der Waals surface area contributed by atoms with Crippen LogP contribution in [0.4, 0.5) is 22.0 Å². The maximum Gasteiger partial charge on any atom is 0.433 e. The molecule has 14 heteroatoms. The summed E-state index contributed by atoms with van der Waals surface area (Å²) < 4.78 is 92.7. The number of halogens is 5. The van der Waals surface area contributed by atoms with Crippen LogP contribution in [-0.4, -0.2) is 52.8 Å². The first kappa shape index (κ1) is 29.0. The third-order valence-electron chi connectivity index (χ3n) is 5.89. The predicted molar refractivity (Wildman–Crippen MR) is 127 cm³/mol. The first-order valence-corrected chi connectivity index (χ1v) is 12.7. The highest BCUT2D eigenvalue weighted by Gasteiger charge is 2.39. The van der Waals surface area contributed by atoms with Crippen molar-refractivity contribution in [2.75, 3.05) is 7.05 Å². The zero-order chi connectivity index (χ0) is 28.3. The minimum absolute atomic E-state index is 0.212. The number of hydrogen-bond donors (Lipinski definition) is 1. The molecule has 3 atom stereocenters. The van der Waals surface area contributed by atoms with Crippen LogP contribution in [0, 0.1) is 11.7 Å². The summed E-state index contributed by atoms with van der Waals surface area (Å²) in [5, 5.41) is 2.53. The maximum atomic E-state index is 14.3. The van der Waals surface area contributed by atoms with Gasteiger partial charge < -0.3 is 5.32 Å². The smallest absolute Gasteiger partial charge is 0.349 e. The molecule has 0 radical (unpaired) electrons. The maximum absolute atomic E-state index is 14.3. The van der Waals surface area contributed by atoms with E-state index in [0.717, 1.165) is 54.2 Å². The van der Waals surface area contributed by atoms with Gasteiger partial charge in [0.15, 0.2) is 0 Å². The quantitative estimate of drug-likeness (QED) is 0.399. The fourth-order valence-corrected chi connectivity index (χ4v) is 4.96. The molecule has 0 saturated heterocycles. The van der Waals surface area contributed by atoms with Crippen molar-refractivity contribution in [3.8, 4) is 11.3 Å². The van der Waals surface area contributed by atoms with E-state index in [1.807, 2.05) is 0 Å². The molecule has 3 unspecified atom stereocenters. The Hall–Kier alpha value is -3.52. The predicted octanol–water partition coefficient (Wildman–Crippen LogP) is 4.00. The number of alkyl halides is 4. The number of hydrogen-bond acceptors (Lipinski definition) is 6. The molecule has 0 aliphatic rings. The molecule has 38 heavy (non-hydrogen) atoms. The fourth-order valence-electron chi connectivity index (χ4n) is 3.56. The zero-order valence-corrected chi connectivity index (χ0v) is 21.3. The Morgan fingerprint density at radius 2 is 1.71 bits per heavy atom. The number of likely N-dealkylation sites (N-methyl/N-ethyl adjacent to an activating group) is 1. The number of rotatable bonds is 9. The largest absolute Gasteiger partial charge is 0.433 e. The van der Waals surface area contributed by atoms with Gasteiger partial charge in [-0.2, -0.15) is 17.5 Å². The zero-order valence-electron chi connectivity index (χ0n) is 20.4. The molecule has 1 amide bonds. The van der Waals surface area contributed by atoms with E-state index >= 15 is 0 Å². The standard InChI is InChI=1S/C24H24F5N5O3S/c1-14(15(2)25)22(34(3)38(36,37)19-7-5-17(26)6-8-19)23(35)31-12-18-10-20(33-13-32-18)16-4-9-21(30-11-16)24(27,28)29/h4-11,13-15,22H,12H2,1-3H3,(H,31,35). The van der Waals surface area contributed by atoms with E-state index in [4.69, 9.17) is 0 Å². The SMILES string of the molecule is CC(F)C(C)C(C(=O)NCc1cc(-c2ccc(C(F)(F)F)nc2)ncn1)N(C)S(=O)(=O)c1ccc(F)cc1. The van der Waals surface area contributed by atoms with Crippen LogP contribution in [0.15, 0.2) is 59.9 Å². The summed E-state index contributed by atoms with van der Waals surface area (Å²) >= 11 is 0. The molecule has 0 aliphatic heterocycles. The highest BCUT2D eigenvalue weighted by Crippen LogP contribution is 2.29. The molecule has 8 nitrogen and oxygen atoms in total. The van der Waals surface area contributed by atoms with Gasteiger partial charge in [0.2, 0.25) is 15.9 Å². The van der Waals surface area contributed by atoms with Crippen molar-refractivity contribution in [1.29, 1.82) is 0 Å². The molecule has 3 rings (SSSR count). The van der Waals surface area contributed by atoms with Crippen molar-refractivity contribution in [2.24, 2.45) is 5.92 Å². The Bertz CT molecular complexity index is 1370. The van der Waals surface area contributed by atoms with Crippen LogP contribution >= 0.6 is 0 Å². The van der Waals surface area contributed by atoms with Crippen molar-refractivity contribution in [1.82, 2.24) is 24.6 Å². The monoisotopic (exact) mass is 557 g/mol. The van der Waals surface area contributed by atoms with Crippen molar-refractivity contribution in [2.45, 2.75) is 43.7 Å². The summed E-state index contributed by atoms with van der Waals surface area (Å²) in [4.78, 5) is 24.3. The Morgan fingerprint density at radius 1 is 1.05 bits per heavy atom. The average Bonchev–Trinajstić information content (AvgIpc) is 2.87. The van der Waals surface area contributed by atoms with Gasteiger partial charge in [0, 0.05) is 24.7 Å². The Labute approximate surface area is 216 Å². The molecular weight excluding hydrogens is 533 g/mol. The highest BCUT2D eigenvalue weighted by molar-refractivity contribution is 7.89. The number of benzene rings is 1. The van der Waals surface area contributed by atoms with E-state index in [1.54, 1.807) is 0 Å². The lowest BCUT2D eigenvalue weighted by Crippen LogP contribution is -2.52. The number of aromatic nitrogens is 3. The lowest BCUT2D eigenvalue weighted by atomic mass is 9.97. The molecule has 0 bridgehead atoms. The summed E-state index contributed by atoms with van der Waals surface area (Å²) in [6.07, 6.45) is -4.01. The van der Waals surface area contributed by atoms with Crippen LogP contribution in [0.2, 0.25) is 0 Å². The van der Waals surface area contributed by atoms with Gasteiger partial charge in [0.1, 0.15) is 30.1 Å². The Balaban J connectivity index is 1.80. The van der Waals surface area contributed by atoms with E-state index in [1.165, 1.54) is 26.0 Å². The molecule has 204 valence electrons. The molecule has 0 saturated carbocycles. The highest BCUT2D eigenvalue weighted by atomic mass is 32.2. The second-order valence-electron chi connectivity index (χ2n) is 8.50. The molecule has 2 heterocycles. The third-order valence-corrected chi connectivity index (χ3v) is 7.74. The summed E-state index contributed by atoms with van der Waals surface area (Å²) in [6, 6.07) is 5.93. The number of carbonyl (C=O) groups is 1. The Morgan fingerprint density at radius 3 is 2.26 bits per heavy atom. The van der Waals surface area contributed by atoms with Crippen molar-refractivity contribution in [3.05, 3.63) is 72.2 Å². The number of pyridine rings is 1. The molecule has 3 aromatic rings. The van der Waals surface area contributed by atoms with Gasteiger partial charge in [0.05, 0.1) is 22.8 Å². The molecule has 1 N–H and O–H groups in total.